The lowest BCUT2D eigenvalue weighted by molar-refractivity contribution is -0.0355. The lowest BCUT2D eigenvalue weighted by Crippen LogP contribution is -2.50. The fourth-order valence-corrected chi connectivity index (χ4v) is 3.15. The second-order valence-corrected chi connectivity index (χ2v) is 7.67. The lowest BCUT2D eigenvalue weighted by Gasteiger charge is -2.41. The third-order valence-corrected chi connectivity index (χ3v) is 3.72. The molecule has 0 radical (unpaired) electrons. The van der Waals surface area contributed by atoms with Gasteiger partial charge in [-0.25, -0.2) is 0 Å². The smallest absolute Gasteiger partial charge is 0.0718 e. The first-order valence-corrected chi connectivity index (χ1v) is 7.92. The van der Waals surface area contributed by atoms with E-state index < -0.39 is 5.60 Å². The van der Waals surface area contributed by atoms with Gasteiger partial charge in [-0.15, -0.1) is 0 Å². The SMILES string of the molecule is CC(C)CNCC1(CN(C)CC(C)(C)O)CCCOC1. The fourth-order valence-electron chi connectivity index (χ4n) is 3.15. The summed E-state index contributed by atoms with van der Waals surface area (Å²) in [5.74, 6) is 0.672. The molecule has 1 fully saturated rings. The third kappa shape index (κ3) is 7.02. The Kier molecular flexibility index (Phi) is 6.92. The Morgan fingerprint density at radius 2 is 2.10 bits per heavy atom. The van der Waals surface area contributed by atoms with Gasteiger partial charge in [0.1, 0.15) is 0 Å². The van der Waals surface area contributed by atoms with Crippen LogP contribution in [0, 0.1) is 11.3 Å². The molecule has 0 spiro atoms. The summed E-state index contributed by atoms with van der Waals surface area (Å²) in [7, 11) is 2.09. The maximum Gasteiger partial charge on any atom is 0.0718 e. The number of hydrogen-bond donors (Lipinski definition) is 2. The van der Waals surface area contributed by atoms with E-state index in [1.54, 1.807) is 0 Å². The van der Waals surface area contributed by atoms with Gasteiger partial charge in [-0.3, -0.25) is 0 Å². The number of nitrogens with zero attached hydrogens (tertiary/aromatic N) is 1. The number of hydrogen-bond acceptors (Lipinski definition) is 4. The number of aliphatic hydroxyl groups is 1. The van der Waals surface area contributed by atoms with E-state index in [0.717, 1.165) is 39.3 Å². The topological polar surface area (TPSA) is 44.7 Å². The lowest BCUT2D eigenvalue weighted by atomic mass is 9.81. The van der Waals surface area contributed by atoms with Crippen LogP contribution in [-0.2, 0) is 4.74 Å². The van der Waals surface area contributed by atoms with E-state index in [9.17, 15) is 5.11 Å². The number of rotatable bonds is 8. The van der Waals surface area contributed by atoms with Crippen LogP contribution in [0.1, 0.15) is 40.5 Å². The Balaban J connectivity index is 2.54. The van der Waals surface area contributed by atoms with Crippen molar-refractivity contribution in [3.63, 3.8) is 0 Å². The molecule has 4 heteroatoms. The zero-order valence-electron chi connectivity index (χ0n) is 14.0. The molecule has 1 aliphatic heterocycles. The van der Waals surface area contributed by atoms with Crippen molar-refractivity contribution in [2.24, 2.45) is 11.3 Å². The predicted molar refractivity (Wildman–Crippen MR) is 84.0 cm³/mol. The van der Waals surface area contributed by atoms with Crippen molar-refractivity contribution < 1.29 is 9.84 Å². The molecular weight excluding hydrogens is 252 g/mol. The van der Waals surface area contributed by atoms with E-state index in [0.29, 0.717) is 12.5 Å². The summed E-state index contributed by atoms with van der Waals surface area (Å²) in [5, 5.41) is 13.6. The highest BCUT2D eigenvalue weighted by atomic mass is 16.5. The van der Waals surface area contributed by atoms with Crippen LogP contribution in [-0.4, -0.2) is 62.0 Å². The zero-order chi connectivity index (χ0) is 15.2. The Bertz CT molecular complexity index is 268. The molecule has 1 aliphatic rings. The van der Waals surface area contributed by atoms with Crippen LogP contribution in [0.5, 0.6) is 0 Å². The second kappa shape index (κ2) is 7.74. The van der Waals surface area contributed by atoms with Crippen LogP contribution >= 0.6 is 0 Å². The molecule has 0 aromatic carbocycles. The summed E-state index contributed by atoms with van der Waals surface area (Å²) < 4.78 is 5.74. The number of likely N-dealkylation sites (N-methyl/N-ethyl adjacent to an activating group) is 1. The van der Waals surface area contributed by atoms with E-state index in [1.165, 1.54) is 6.42 Å². The Labute approximate surface area is 124 Å². The zero-order valence-corrected chi connectivity index (χ0v) is 14.0. The van der Waals surface area contributed by atoms with Crippen molar-refractivity contribution in [2.45, 2.75) is 46.1 Å². The minimum Gasteiger partial charge on any atom is -0.389 e. The third-order valence-electron chi connectivity index (χ3n) is 3.72. The summed E-state index contributed by atoms with van der Waals surface area (Å²) in [4.78, 5) is 2.24. The van der Waals surface area contributed by atoms with Gasteiger partial charge in [-0.05, 0) is 46.2 Å². The van der Waals surface area contributed by atoms with Crippen molar-refractivity contribution in [1.82, 2.24) is 10.2 Å². The molecule has 0 aromatic rings. The van der Waals surface area contributed by atoms with Gasteiger partial charge in [0.25, 0.3) is 0 Å². The van der Waals surface area contributed by atoms with Gasteiger partial charge in [-0.1, -0.05) is 13.8 Å². The molecule has 1 atom stereocenters. The van der Waals surface area contributed by atoms with Crippen molar-refractivity contribution in [1.29, 1.82) is 0 Å². The van der Waals surface area contributed by atoms with Crippen LogP contribution in [0.4, 0.5) is 0 Å². The van der Waals surface area contributed by atoms with Crippen molar-refractivity contribution in [3.8, 4) is 0 Å². The Morgan fingerprint density at radius 1 is 1.40 bits per heavy atom. The fraction of sp³-hybridized carbons (Fsp3) is 1.00. The van der Waals surface area contributed by atoms with Crippen molar-refractivity contribution in [3.05, 3.63) is 0 Å². The average molecular weight is 286 g/mol. The molecule has 2 N–H and O–H groups in total. The average Bonchev–Trinajstić information content (AvgIpc) is 2.26. The van der Waals surface area contributed by atoms with Gasteiger partial charge in [0.05, 0.1) is 12.2 Å². The van der Waals surface area contributed by atoms with Crippen LogP contribution in [0.15, 0.2) is 0 Å². The molecule has 20 heavy (non-hydrogen) atoms. The molecule has 0 bridgehead atoms. The normalized spacial score (nSPS) is 24.6. The van der Waals surface area contributed by atoms with Gasteiger partial charge in [0.15, 0.2) is 0 Å². The predicted octanol–water partition coefficient (Wildman–Crippen LogP) is 1.73. The largest absolute Gasteiger partial charge is 0.389 e. The van der Waals surface area contributed by atoms with Crippen LogP contribution in [0.3, 0.4) is 0 Å². The molecule has 0 saturated carbocycles. The summed E-state index contributed by atoms with van der Waals surface area (Å²) in [6.07, 6.45) is 2.34. The van der Waals surface area contributed by atoms with E-state index in [2.05, 4.69) is 31.1 Å². The first-order valence-electron chi connectivity index (χ1n) is 7.92. The molecule has 0 aromatic heterocycles. The number of ether oxygens (including phenoxy) is 1. The minimum atomic E-state index is -0.642. The molecule has 4 nitrogen and oxygen atoms in total. The van der Waals surface area contributed by atoms with E-state index in [4.69, 9.17) is 4.74 Å². The Hall–Kier alpha value is -0.160. The highest BCUT2D eigenvalue weighted by Gasteiger charge is 2.34. The van der Waals surface area contributed by atoms with E-state index in [-0.39, 0.29) is 5.41 Å². The Morgan fingerprint density at radius 3 is 2.60 bits per heavy atom. The van der Waals surface area contributed by atoms with Gasteiger partial charge in [0, 0.05) is 31.7 Å². The van der Waals surface area contributed by atoms with Crippen LogP contribution in [0.2, 0.25) is 0 Å². The molecule has 1 unspecified atom stereocenters. The summed E-state index contributed by atoms with van der Waals surface area (Å²) >= 11 is 0. The van der Waals surface area contributed by atoms with Crippen molar-refractivity contribution in [2.75, 3.05) is 46.4 Å². The molecule has 1 heterocycles. The number of nitrogens with one attached hydrogen (secondary N) is 1. The van der Waals surface area contributed by atoms with E-state index >= 15 is 0 Å². The van der Waals surface area contributed by atoms with Crippen LogP contribution < -0.4 is 5.32 Å². The van der Waals surface area contributed by atoms with Gasteiger partial charge >= 0.3 is 0 Å². The first-order chi connectivity index (χ1) is 9.22. The quantitative estimate of drug-likeness (QED) is 0.713. The second-order valence-electron chi connectivity index (χ2n) is 7.67. The highest BCUT2D eigenvalue weighted by Crippen LogP contribution is 2.29. The summed E-state index contributed by atoms with van der Waals surface area (Å²) in [6.45, 7) is 13.6. The molecule has 1 rings (SSSR count). The maximum atomic E-state index is 9.96. The standard InChI is InChI=1S/C16H34N2O2/c1-14(2)9-17-10-16(7-6-8-20-13-16)12-18(5)11-15(3,4)19/h14,17,19H,6-13H2,1-5H3. The van der Waals surface area contributed by atoms with Gasteiger partial charge in [-0.2, -0.15) is 0 Å². The maximum absolute atomic E-state index is 9.96. The van der Waals surface area contributed by atoms with Crippen LogP contribution in [0.25, 0.3) is 0 Å². The molecular formula is C16H34N2O2. The summed E-state index contributed by atoms with van der Waals surface area (Å²) in [5.41, 5.74) is -0.454. The molecule has 0 amide bonds. The first kappa shape index (κ1) is 17.9. The molecule has 0 aliphatic carbocycles. The van der Waals surface area contributed by atoms with Gasteiger partial charge in [0.2, 0.25) is 0 Å². The van der Waals surface area contributed by atoms with Crippen molar-refractivity contribution >= 4 is 0 Å². The summed E-state index contributed by atoms with van der Waals surface area (Å²) in [6, 6.07) is 0. The molecule has 120 valence electrons. The van der Waals surface area contributed by atoms with E-state index in [1.807, 2.05) is 13.8 Å². The minimum absolute atomic E-state index is 0.188. The molecule has 1 saturated heterocycles. The monoisotopic (exact) mass is 286 g/mol. The highest BCUT2D eigenvalue weighted by molar-refractivity contribution is 4.88. The van der Waals surface area contributed by atoms with Gasteiger partial charge < -0.3 is 20.1 Å².